The minimum atomic E-state index is -0.216. The molecule has 0 aliphatic heterocycles. The van der Waals surface area contributed by atoms with Gasteiger partial charge in [-0.25, -0.2) is 9.97 Å². The summed E-state index contributed by atoms with van der Waals surface area (Å²) in [5.74, 6) is 1.19. The van der Waals surface area contributed by atoms with Gasteiger partial charge in [0, 0.05) is 22.7 Å². The van der Waals surface area contributed by atoms with Gasteiger partial charge < -0.3 is 14.5 Å². The molecule has 0 saturated carbocycles. The van der Waals surface area contributed by atoms with Gasteiger partial charge in [0.05, 0.1) is 16.9 Å². The Morgan fingerprint density at radius 1 is 1.23 bits per heavy atom. The molecule has 6 nitrogen and oxygen atoms in total. The minimum Gasteiger partial charge on any atom is -0.487 e. The Morgan fingerprint density at radius 3 is 2.83 bits per heavy atom. The summed E-state index contributed by atoms with van der Waals surface area (Å²) in [5, 5.41) is 5.84. The fourth-order valence-electron chi connectivity index (χ4n) is 2.77. The Labute approximate surface area is 177 Å². The number of amides is 1. The molecule has 0 saturated heterocycles. The van der Waals surface area contributed by atoms with Crippen molar-refractivity contribution in [3.8, 4) is 17.1 Å². The third kappa shape index (κ3) is 5.21. The second-order valence-corrected chi connectivity index (χ2v) is 7.55. The van der Waals surface area contributed by atoms with Crippen molar-refractivity contribution in [2.75, 3.05) is 5.32 Å². The largest absolute Gasteiger partial charge is 0.487 e. The van der Waals surface area contributed by atoms with E-state index in [2.05, 4.69) is 15.3 Å². The van der Waals surface area contributed by atoms with Gasteiger partial charge in [0.25, 0.3) is 0 Å². The van der Waals surface area contributed by atoms with Crippen LogP contribution in [0.3, 0.4) is 0 Å². The van der Waals surface area contributed by atoms with Gasteiger partial charge in [0.2, 0.25) is 5.91 Å². The van der Waals surface area contributed by atoms with Crippen LogP contribution in [0.2, 0.25) is 0 Å². The number of aryl methyl sites for hydroxylation is 1. The molecule has 0 spiro atoms. The summed E-state index contributed by atoms with van der Waals surface area (Å²) in [6, 6.07) is 14.9. The highest BCUT2D eigenvalue weighted by molar-refractivity contribution is 7.09. The number of thiazole rings is 1. The SMILES string of the molecule is Cc1nc(COc2cccc(/C=C/C(=O)Nc3ccc(-c4cnco4)cc3)c2)cs1. The fraction of sp³-hybridized carbons (Fsp3) is 0.0870. The highest BCUT2D eigenvalue weighted by Gasteiger charge is 2.03. The van der Waals surface area contributed by atoms with Crippen molar-refractivity contribution in [2.24, 2.45) is 0 Å². The van der Waals surface area contributed by atoms with Gasteiger partial charge in [0.1, 0.15) is 12.4 Å². The van der Waals surface area contributed by atoms with Crippen molar-refractivity contribution in [1.29, 1.82) is 0 Å². The number of hydrogen-bond acceptors (Lipinski definition) is 6. The lowest BCUT2D eigenvalue weighted by Crippen LogP contribution is -2.07. The molecule has 0 fully saturated rings. The van der Waals surface area contributed by atoms with E-state index in [1.165, 1.54) is 12.5 Å². The second-order valence-electron chi connectivity index (χ2n) is 6.48. The number of benzene rings is 2. The van der Waals surface area contributed by atoms with Crippen LogP contribution < -0.4 is 10.1 Å². The van der Waals surface area contributed by atoms with E-state index in [1.54, 1.807) is 23.6 Å². The quantitative estimate of drug-likeness (QED) is 0.411. The summed E-state index contributed by atoms with van der Waals surface area (Å²) < 4.78 is 11.0. The molecule has 1 amide bonds. The molecule has 2 aromatic carbocycles. The van der Waals surface area contributed by atoms with Gasteiger partial charge in [-0.2, -0.15) is 0 Å². The number of anilines is 1. The molecule has 0 bridgehead atoms. The highest BCUT2D eigenvalue weighted by atomic mass is 32.1. The van der Waals surface area contributed by atoms with Gasteiger partial charge in [-0.3, -0.25) is 4.79 Å². The maximum atomic E-state index is 12.2. The standard InChI is InChI=1S/C23H19N3O3S/c1-16-25-20(14-30-16)13-28-21-4-2-3-17(11-21)5-10-23(27)26-19-8-6-18(7-9-19)22-12-24-15-29-22/h2-12,14-15H,13H2,1H3,(H,26,27)/b10-5+. The van der Waals surface area contributed by atoms with E-state index in [0.717, 1.165) is 27.6 Å². The normalized spacial score (nSPS) is 11.0. The molecule has 1 N–H and O–H groups in total. The number of nitrogens with zero attached hydrogens (tertiary/aromatic N) is 2. The second kappa shape index (κ2) is 9.19. The van der Waals surface area contributed by atoms with Gasteiger partial charge in [-0.15, -0.1) is 11.3 Å². The number of oxazole rings is 1. The lowest BCUT2D eigenvalue weighted by molar-refractivity contribution is -0.111. The molecule has 150 valence electrons. The molecule has 30 heavy (non-hydrogen) atoms. The van der Waals surface area contributed by atoms with Crippen LogP contribution in [-0.4, -0.2) is 15.9 Å². The van der Waals surface area contributed by atoms with E-state index < -0.39 is 0 Å². The molecule has 0 atom stereocenters. The zero-order valence-electron chi connectivity index (χ0n) is 16.2. The summed E-state index contributed by atoms with van der Waals surface area (Å²) in [4.78, 5) is 20.5. The number of aromatic nitrogens is 2. The Balaban J connectivity index is 1.33. The first kappa shape index (κ1) is 19.6. The fourth-order valence-corrected chi connectivity index (χ4v) is 3.37. The summed E-state index contributed by atoms with van der Waals surface area (Å²) in [6.45, 7) is 2.39. The van der Waals surface area contributed by atoms with E-state index in [1.807, 2.05) is 60.8 Å². The number of hydrogen-bond donors (Lipinski definition) is 1. The smallest absolute Gasteiger partial charge is 0.248 e. The van der Waals surface area contributed by atoms with Gasteiger partial charge in [0.15, 0.2) is 12.2 Å². The summed E-state index contributed by atoms with van der Waals surface area (Å²) in [5.41, 5.74) is 3.37. The first-order valence-corrected chi connectivity index (χ1v) is 10.2. The molecular weight excluding hydrogens is 398 g/mol. The van der Waals surface area contributed by atoms with Gasteiger partial charge in [-0.05, 0) is 55.0 Å². The van der Waals surface area contributed by atoms with Crippen LogP contribution in [0.1, 0.15) is 16.3 Å². The Hall–Kier alpha value is -3.71. The molecule has 0 aliphatic carbocycles. The van der Waals surface area contributed by atoms with Crippen molar-refractivity contribution in [1.82, 2.24) is 9.97 Å². The lowest BCUT2D eigenvalue weighted by Gasteiger charge is -2.05. The molecule has 4 aromatic rings. The van der Waals surface area contributed by atoms with Crippen molar-refractivity contribution >= 4 is 29.0 Å². The Bertz CT molecular complexity index is 1150. The van der Waals surface area contributed by atoms with E-state index in [9.17, 15) is 4.79 Å². The van der Waals surface area contributed by atoms with Gasteiger partial charge >= 0.3 is 0 Å². The van der Waals surface area contributed by atoms with Crippen LogP contribution in [-0.2, 0) is 11.4 Å². The number of ether oxygens (including phenoxy) is 1. The van der Waals surface area contributed by atoms with Crippen LogP contribution in [0.25, 0.3) is 17.4 Å². The molecular formula is C23H19N3O3S. The lowest BCUT2D eigenvalue weighted by atomic mass is 10.1. The highest BCUT2D eigenvalue weighted by Crippen LogP contribution is 2.21. The predicted molar refractivity (Wildman–Crippen MR) is 117 cm³/mol. The maximum Gasteiger partial charge on any atom is 0.248 e. The van der Waals surface area contributed by atoms with Crippen LogP contribution >= 0.6 is 11.3 Å². The average molecular weight is 417 g/mol. The Kier molecular flexibility index (Phi) is 6.01. The van der Waals surface area contributed by atoms with Crippen molar-refractivity contribution in [3.63, 3.8) is 0 Å². The monoisotopic (exact) mass is 417 g/mol. The summed E-state index contributed by atoms with van der Waals surface area (Å²) in [6.07, 6.45) is 6.27. The first-order valence-electron chi connectivity index (χ1n) is 9.27. The number of rotatable bonds is 7. The van der Waals surface area contributed by atoms with E-state index in [0.29, 0.717) is 18.1 Å². The number of carbonyl (C=O) groups excluding carboxylic acids is 1. The van der Waals surface area contributed by atoms with Crippen LogP contribution in [0.4, 0.5) is 5.69 Å². The van der Waals surface area contributed by atoms with Crippen molar-refractivity contribution in [3.05, 3.63) is 88.8 Å². The first-order chi connectivity index (χ1) is 14.7. The molecule has 2 aromatic heterocycles. The van der Waals surface area contributed by atoms with E-state index in [-0.39, 0.29) is 5.91 Å². The van der Waals surface area contributed by atoms with Crippen LogP contribution in [0, 0.1) is 6.92 Å². The molecule has 0 aliphatic rings. The minimum absolute atomic E-state index is 0.216. The van der Waals surface area contributed by atoms with E-state index in [4.69, 9.17) is 9.15 Å². The Morgan fingerprint density at radius 2 is 2.10 bits per heavy atom. The maximum absolute atomic E-state index is 12.2. The van der Waals surface area contributed by atoms with Crippen LogP contribution in [0.5, 0.6) is 5.75 Å². The molecule has 2 heterocycles. The van der Waals surface area contributed by atoms with Crippen LogP contribution in [0.15, 0.2) is 77.0 Å². The zero-order chi connectivity index (χ0) is 20.8. The summed E-state index contributed by atoms with van der Waals surface area (Å²) >= 11 is 1.60. The third-order valence-electron chi connectivity index (χ3n) is 4.21. The summed E-state index contributed by atoms with van der Waals surface area (Å²) in [7, 11) is 0. The average Bonchev–Trinajstić information content (AvgIpc) is 3.44. The van der Waals surface area contributed by atoms with Crippen molar-refractivity contribution < 1.29 is 13.9 Å². The molecule has 7 heteroatoms. The third-order valence-corrected chi connectivity index (χ3v) is 5.03. The van der Waals surface area contributed by atoms with E-state index >= 15 is 0 Å². The van der Waals surface area contributed by atoms with Crippen molar-refractivity contribution in [2.45, 2.75) is 13.5 Å². The van der Waals surface area contributed by atoms with Gasteiger partial charge in [-0.1, -0.05) is 12.1 Å². The number of nitrogens with one attached hydrogen (secondary N) is 1. The number of carbonyl (C=O) groups is 1. The predicted octanol–water partition coefficient (Wildman–Crippen LogP) is 5.34. The molecule has 0 unspecified atom stereocenters. The zero-order valence-corrected chi connectivity index (χ0v) is 17.1. The molecule has 4 rings (SSSR count). The molecule has 0 radical (unpaired) electrons. The topological polar surface area (TPSA) is 77.2 Å².